The van der Waals surface area contributed by atoms with E-state index >= 15 is 0 Å². The van der Waals surface area contributed by atoms with Crippen LogP contribution in [0.4, 0.5) is 0 Å². The Bertz CT molecular complexity index is 1460. The lowest BCUT2D eigenvalue weighted by molar-refractivity contribution is -0.145. The van der Waals surface area contributed by atoms with Crippen molar-refractivity contribution in [3.05, 3.63) is 70.1 Å². The number of nitrogens with one attached hydrogen (secondary N) is 1. The maximum absolute atomic E-state index is 12.9. The Morgan fingerprint density at radius 1 is 0.950 bits per heavy atom. The highest BCUT2D eigenvalue weighted by molar-refractivity contribution is 6.00. The van der Waals surface area contributed by atoms with Crippen LogP contribution in [0.25, 0.3) is 11.0 Å². The Morgan fingerprint density at radius 2 is 1.68 bits per heavy atom. The third-order valence-electron chi connectivity index (χ3n) is 7.27. The number of aryl methyl sites for hydroxylation is 1. The fourth-order valence-corrected chi connectivity index (χ4v) is 5.01. The number of aromatic nitrogens is 2. The van der Waals surface area contributed by atoms with Crippen LogP contribution in [0.1, 0.15) is 87.8 Å². The minimum Gasteiger partial charge on any atom is -0.461 e. The third kappa shape index (κ3) is 7.72. The van der Waals surface area contributed by atoms with Crippen LogP contribution in [0, 0.1) is 11.8 Å². The lowest BCUT2D eigenvalue weighted by Gasteiger charge is -2.21. The molecule has 0 spiro atoms. The molecule has 4 rings (SSSR count). The number of fused-ring (bicyclic) bond motifs is 1. The topological polar surface area (TPSA) is 99.4 Å². The normalized spacial score (nSPS) is 15.0. The van der Waals surface area contributed by atoms with Crippen LogP contribution in [0.2, 0.25) is 0 Å². The van der Waals surface area contributed by atoms with Crippen molar-refractivity contribution in [2.24, 2.45) is 7.05 Å². The summed E-state index contributed by atoms with van der Waals surface area (Å²) >= 11 is 0. The van der Waals surface area contributed by atoms with Gasteiger partial charge in [-0.1, -0.05) is 74.3 Å². The molecule has 2 amide bonds. The molecule has 0 saturated carbocycles. The van der Waals surface area contributed by atoms with Crippen LogP contribution < -0.4 is 11.0 Å². The number of nitrogens with zero attached hydrogens (tertiary/aromatic N) is 2. The summed E-state index contributed by atoms with van der Waals surface area (Å²) in [7, 11) is 1.68. The maximum Gasteiger partial charge on any atom is 0.329 e. The molecule has 0 bridgehead atoms. The Balaban J connectivity index is 1.13. The van der Waals surface area contributed by atoms with Gasteiger partial charge >= 0.3 is 11.7 Å². The number of ether oxygens (including phenoxy) is 1. The highest BCUT2D eigenvalue weighted by Gasteiger charge is 2.31. The lowest BCUT2D eigenvalue weighted by atomic mass is 10.1. The van der Waals surface area contributed by atoms with E-state index in [1.54, 1.807) is 7.05 Å². The van der Waals surface area contributed by atoms with Gasteiger partial charge in [0.05, 0.1) is 11.0 Å². The van der Waals surface area contributed by atoms with Crippen molar-refractivity contribution in [3.8, 4) is 11.8 Å². The van der Waals surface area contributed by atoms with Crippen molar-refractivity contribution in [1.82, 2.24) is 14.5 Å². The number of amides is 2. The van der Waals surface area contributed by atoms with Crippen LogP contribution in [-0.2, 0) is 32.8 Å². The van der Waals surface area contributed by atoms with Crippen LogP contribution in [0.3, 0.4) is 0 Å². The second kappa shape index (κ2) is 14.3. The molecule has 1 aliphatic rings. The summed E-state index contributed by atoms with van der Waals surface area (Å²) in [5, 5.41) is 2.33. The summed E-state index contributed by atoms with van der Waals surface area (Å²) in [6.07, 6.45) is 9.30. The molecular weight excluding hydrogens is 506 g/mol. The molecule has 1 fully saturated rings. The molecule has 1 atom stereocenters. The van der Waals surface area contributed by atoms with E-state index in [9.17, 15) is 19.2 Å². The lowest BCUT2D eigenvalue weighted by Crippen LogP contribution is -2.44. The number of carbonyl (C=O) groups excluding carboxylic acids is 3. The minimum absolute atomic E-state index is 0.129. The second-order valence-corrected chi connectivity index (χ2v) is 10.3. The maximum atomic E-state index is 12.9. The van der Waals surface area contributed by atoms with Crippen molar-refractivity contribution in [2.45, 2.75) is 83.3 Å². The first-order valence-electron chi connectivity index (χ1n) is 14.2. The molecule has 3 aromatic rings. The predicted octanol–water partition coefficient (Wildman–Crippen LogP) is 4.92. The van der Waals surface area contributed by atoms with Crippen LogP contribution in [-0.4, -0.2) is 26.9 Å². The number of imidazole rings is 1. The second-order valence-electron chi connectivity index (χ2n) is 10.3. The molecule has 1 saturated heterocycles. The van der Waals surface area contributed by atoms with E-state index in [1.807, 2.05) is 48.5 Å². The van der Waals surface area contributed by atoms with Crippen molar-refractivity contribution < 1.29 is 19.1 Å². The standard InChI is InChI=1S/C32H37N3O5/c1-34-28-22-24(18-19-26(28)35(32(34)39)27-20-21-29(36)33-31(27)38)14-10-7-5-3-2-4-6-8-13-17-30(37)40-23-25-15-11-9-12-16-25/h9,11-12,15-16,18-19,22,27H,2-8,13,17,20-21,23H2,1H3,(H,33,36,38). The summed E-state index contributed by atoms with van der Waals surface area (Å²) in [6, 6.07) is 14.6. The first kappa shape index (κ1) is 28.9. The number of piperidine rings is 1. The third-order valence-corrected chi connectivity index (χ3v) is 7.27. The van der Waals surface area contributed by atoms with Gasteiger partial charge in [0.25, 0.3) is 0 Å². The van der Waals surface area contributed by atoms with Crippen molar-refractivity contribution in [2.75, 3.05) is 0 Å². The largest absolute Gasteiger partial charge is 0.461 e. The monoisotopic (exact) mass is 543 g/mol. The van der Waals surface area contributed by atoms with Gasteiger partial charge in [0.1, 0.15) is 12.6 Å². The summed E-state index contributed by atoms with van der Waals surface area (Å²) in [5.74, 6) is 5.56. The quantitative estimate of drug-likeness (QED) is 0.151. The number of carbonyl (C=O) groups is 3. The fraction of sp³-hybridized carbons (Fsp3) is 0.438. The van der Waals surface area contributed by atoms with Gasteiger partial charge in [0.15, 0.2) is 0 Å². The van der Waals surface area contributed by atoms with Gasteiger partial charge in [-0.2, -0.15) is 0 Å². The highest BCUT2D eigenvalue weighted by Crippen LogP contribution is 2.23. The molecule has 0 radical (unpaired) electrons. The smallest absolute Gasteiger partial charge is 0.329 e. The van der Waals surface area contributed by atoms with E-state index in [0.29, 0.717) is 30.5 Å². The average molecular weight is 544 g/mol. The Labute approximate surface area is 234 Å². The molecule has 210 valence electrons. The number of benzene rings is 2. The van der Waals surface area contributed by atoms with E-state index in [1.165, 1.54) is 9.13 Å². The molecule has 40 heavy (non-hydrogen) atoms. The molecule has 0 aliphatic carbocycles. The highest BCUT2D eigenvalue weighted by atomic mass is 16.5. The van der Waals surface area contributed by atoms with Crippen molar-refractivity contribution >= 4 is 28.8 Å². The molecule has 8 heteroatoms. The molecule has 1 aliphatic heterocycles. The number of rotatable bonds is 12. The zero-order valence-electron chi connectivity index (χ0n) is 23.1. The van der Waals surface area contributed by atoms with E-state index in [-0.39, 0.29) is 24.0 Å². The molecule has 2 heterocycles. The minimum atomic E-state index is -0.688. The Morgan fingerprint density at radius 3 is 2.42 bits per heavy atom. The van der Waals surface area contributed by atoms with Gasteiger partial charge in [-0.05, 0) is 43.0 Å². The van der Waals surface area contributed by atoms with E-state index in [4.69, 9.17) is 4.74 Å². The first-order chi connectivity index (χ1) is 19.4. The fourth-order valence-electron chi connectivity index (χ4n) is 5.01. The van der Waals surface area contributed by atoms with E-state index in [2.05, 4.69) is 17.2 Å². The molecule has 1 unspecified atom stereocenters. The Kier molecular flexibility index (Phi) is 10.3. The van der Waals surface area contributed by atoms with Crippen molar-refractivity contribution in [1.29, 1.82) is 0 Å². The average Bonchev–Trinajstić information content (AvgIpc) is 3.20. The molecular formula is C32H37N3O5. The molecule has 1 N–H and O–H groups in total. The van der Waals surface area contributed by atoms with Crippen LogP contribution in [0.15, 0.2) is 53.3 Å². The molecule has 2 aromatic carbocycles. The van der Waals surface area contributed by atoms with Gasteiger partial charge in [0.2, 0.25) is 11.8 Å². The van der Waals surface area contributed by atoms with Gasteiger partial charge in [-0.15, -0.1) is 0 Å². The Hall–Kier alpha value is -4.12. The van der Waals surface area contributed by atoms with Gasteiger partial charge < -0.3 is 4.74 Å². The first-order valence-corrected chi connectivity index (χ1v) is 14.2. The number of esters is 1. The number of hydrogen-bond donors (Lipinski definition) is 1. The summed E-state index contributed by atoms with van der Waals surface area (Å²) in [6.45, 7) is 0.342. The number of hydrogen-bond acceptors (Lipinski definition) is 5. The molecule has 8 nitrogen and oxygen atoms in total. The van der Waals surface area contributed by atoms with Gasteiger partial charge in [0, 0.05) is 31.9 Å². The zero-order valence-corrected chi connectivity index (χ0v) is 23.1. The SMILES string of the molecule is Cn1c(=O)n(C2CCC(=O)NC2=O)c2ccc(C#CCCCCCCCCCC(=O)OCc3ccccc3)cc21. The van der Waals surface area contributed by atoms with Gasteiger partial charge in [-0.3, -0.25) is 28.8 Å². The number of imide groups is 1. The summed E-state index contributed by atoms with van der Waals surface area (Å²) in [4.78, 5) is 48.6. The van der Waals surface area contributed by atoms with E-state index in [0.717, 1.165) is 62.5 Å². The van der Waals surface area contributed by atoms with Crippen molar-refractivity contribution in [3.63, 3.8) is 0 Å². The zero-order chi connectivity index (χ0) is 28.3. The predicted molar refractivity (Wildman–Crippen MR) is 153 cm³/mol. The summed E-state index contributed by atoms with van der Waals surface area (Å²) in [5.41, 5.74) is 2.93. The van der Waals surface area contributed by atoms with E-state index < -0.39 is 11.9 Å². The van der Waals surface area contributed by atoms with Crippen LogP contribution in [0.5, 0.6) is 0 Å². The van der Waals surface area contributed by atoms with Gasteiger partial charge in [-0.25, -0.2) is 4.79 Å². The van der Waals surface area contributed by atoms with Crippen LogP contribution >= 0.6 is 0 Å². The number of unbranched alkanes of at least 4 members (excludes halogenated alkanes) is 7. The summed E-state index contributed by atoms with van der Waals surface area (Å²) < 4.78 is 8.32. The molecule has 1 aromatic heterocycles.